The summed E-state index contributed by atoms with van der Waals surface area (Å²) in [4.78, 5) is 23.6. The second-order valence-electron chi connectivity index (χ2n) is 6.20. The molecule has 0 radical (unpaired) electrons. The number of benzene rings is 2. The van der Waals surface area contributed by atoms with Crippen LogP contribution in [0.3, 0.4) is 0 Å². The summed E-state index contributed by atoms with van der Waals surface area (Å²) in [7, 11) is 1.50. The van der Waals surface area contributed by atoms with Gasteiger partial charge in [0.2, 0.25) is 0 Å². The van der Waals surface area contributed by atoms with Gasteiger partial charge in [0, 0.05) is 12.8 Å². The molecule has 2 aromatic rings. The van der Waals surface area contributed by atoms with E-state index in [1.807, 2.05) is 42.5 Å². The van der Waals surface area contributed by atoms with Crippen LogP contribution in [-0.4, -0.2) is 24.1 Å². The van der Waals surface area contributed by atoms with Crippen LogP contribution in [0, 0.1) is 5.92 Å². The summed E-state index contributed by atoms with van der Waals surface area (Å²) in [6.07, 6.45) is 0.448. The molecular weight excluding hydrogens is 318 g/mol. The van der Waals surface area contributed by atoms with Crippen LogP contribution in [0.2, 0.25) is 0 Å². The van der Waals surface area contributed by atoms with Gasteiger partial charge in [0.05, 0.1) is 5.92 Å². The van der Waals surface area contributed by atoms with E-state index in [4.69, 9.17) is 9.84 Å². The van der Waals surface area contributed by atoms with Crippen molar-refractivity contribution in [2.24, 2.45) is 5.92 Å². The van der Waals surface area contributed by atoms with Crippen molar-refractivity contribution in [1.29, 1.82) is 0 Å². The summed E-state index contributed by atoms with van der Waals surface area (Å²) >= 11 is 0. The Morgan fingerprint density at radius 1 is 1.12 bits per heavy atom. The monoisotopic (exact) mass is 341 g/mol. The molecule has 0 bridgehead atoms. The first-order chi connectivity index (χ1) is 11.9. The van der Waals surface area contributed by atoms with E-state index in [2.05, 4.69) is 5.32 Å². The minimum atomic E-state index is -1.10. The molecule has 2 atom stereocenters. The highest BCUT2D eigenvalue weighted by Gasteiger charge is 2.35. The molecule has 2 rings (SSSR count). The molecule has 0 saturated carbocycles. The standard InChI is InChI=1S/C20H23NO4/c1-14(18(22)23)13-15-9-11-17(12-10-15)21-19(24)20(2,25-3)16-7-5-4-6-8-16/h4-12,14H,13H2,1-3H3,(H,21,24)(H,22,23). The zero-order valence-corrected chi connectivity index (χ0v) is 14.7. The number of carboxylic acids is 1. The van der Waals surface area contributed by atoms with Gasteiger partial charge in [-0.15, -0.1) is 0 Å². The fourth-order valence-electron chi connectivity index (χ4n) is 2.51. The Balaban J connectivity index is 2.10. The van der Waals surface area contributed by atoms with Crippen LogP contribution in [0.25, 0.3) is 0 Å². The second kappa shape index (κ2) is 7.94. The van der Waals surface area contributed by atoms with Gasteiger partial charge in [0.1, 0.15) is 0 Å². The van der Waals surface area contributed by atoms with Crippen molar-refractivity contribution in [3.05, 3.63) is 65.7 Å². The van der Waals surface area contributed by atoms with E-state index in [-0.39, 0.29) is 5.91 Å². The van der Waals surface area contributed by atoms with Crippen LogP contribution in [0.1, 0.15) is 25.0 Å². The van der Waals surface area contributed by atoms with Crippen molar-refractivity contribution in [2.75, 3.05) is 12.4 Å². The Labute approximate surface area is 147 Å². The average molecular weight is 341 g/mol. The molecule has 0 aliphatic heterocycles. The molecule has 2 unspecified atom stereocenters. The Bertz CT molecular complexity index is 727. The number of carboxylic acid groups (broad SMARTS) is 1. The zero-order valence-electron chi connectivity index (χ0n) is 14.7. The third kappa shape index (κ3) is 4.45. The molecule has 2 N–H and O–H groups in total. The van der Waals surface area contributed by atoms with Crippen LogP contribution in [-0.2, 0) is 26.3 Å². The molecule has 0 aliphatic rings. The molecule has 5 heteroatoms. The highest BCUT2D eigenvalue weighted by Crippen LogP contribution is 2.26. The Morgan fingerprint density at radius 3 is 2.24 bits per heavy atom. The van der Waals surface area contributed by atoms with Crippen molar-refractivity contribution < 1.29 is 19.4 Å². The lowest BCUT2D eigenvalue weighted by Gasteiger charge is -2.27. The molecule has 25 heavy (non-hydrogen) atoms. The quantitative estimate of drug-likeness (QED) is 0.809. The number of nitrogens with one attached hydrogen (secondary N) is 1. The third-order valence-electron chi connectivity index (χ3n) is 4.34. The van der Waals surface area contributed by atoms with Crippen molar-refractivity contribution >= 4 is 17.6 Å². The predicted octanol–water partition coefficient (Wildman–Crippen LogP) is 3.45. The lowest BCUT2D eigenvalue weighted by molar-refractivity contribution is -0.141. The number of ether oxygens (including phenoxy) is 1. The molecule has 1 amide bonds. The molecule has 0 aliphatic carbocycles. The Kier molecular flexibility index (Phi) is 5.93. The van der Waals surface area contributed by atoms with Crippen molar-refractivity contribution in [3.8, 4) is 0 Å². The zero-order chi connectivity index (χ0) is 18.4. The van der Waals surface area contributed by atoms with E-state index in [1.165, 1.54) is 7.11 Å². The number of carbonyl (C=O) groups excluding carboxylic acids is 1. The van der Waals surface area contributed by atoms with Gasteiger partial charge in [-0.3, -0.25) is 9.59 Å². The van der Waals surface area contributed by atoms with Gasteiger partial charge in [-0.2, -0.15) is 0 Å². The van der Waals surface area contributed by atoms with E-state index in [9.17, 15) is 9.59 Å². The van der Waals surface area contributed by atoms with Gasteiger partial charge in [0.15, 0.2) is 5.60 Å². The topological polar surface area (TPSA) is 75.6 Å². The minimum Gasteiger partial charge on any atom is -0.481 e. The molecule has 0 heterocycles. The number of anilines is 1. The van der Waals surface area contributed by atoms with E-state index in [0.29, 0.717) is 12.1 Å². The normalized spacial score (nSPS) is 14.4. The van der Waals surface area contributed by atoms with Crippen LogP contribution in [0.5, 0.6) is 0 Å². The molecule has 2 aromatic carbocycles. The summed E-state index contributed by atoms with van der Waals surface area (Å²) in [5.74, 6) is -1.54. The highest BCUT2D eigenvalue weighted by atomic mass is 16.5. The number of methoxy groups -OCH3 is 1. The van der Waals surface area contributed by atoms with E-state index in [0.717, 1.165) is 11.1 Å². The van der Waals surface area contributed by atoms with Crippen molar-refractivity contribution in [2.45, 2.75) is 25.9 Å². The summed E-state index contributed by atoms with van der Waals surface area (Å²) in [5, 5.41) is 11.8. The summed E-state index contributed by atoms with van der Waals surface area (Å²) < 4.78 is 5.48. The predicted molar refractivity (Wildman–Crippen MR) is 96.4 cm³/mol. The third-order valence-corrected chi connectivity index (χ3v) is 4.34. The Morgan fingerprint density at radius 2 is 1.72 bits per heavy atom. The number of hydrogen-bond acceptors (Lipinski definition) is 3. The Hall–Kier alpha value is -2.66. The molecular formula is C20H23NO4. The first-order valence-corrected chi connectivity index (χ1v) is 8.10. The first kappa shape index (κ1) is 18.7. The van der Waals surface area contributed by atoms with E-state index >= 15 is 0 Å². The summed E-state index contributed by atoms with van der Waals surface area (Å²) in [5.41, 5.74) is 1.21. The van der Waals surface area contributed by atoms with Gasteiger partial charge in [0.25, 0.3) is 5.91 Å². The van der Waals surface area contributed by atoms with Crippen LogP contribution < -0.4 is 5.32 Å². The smallest absolute Gasteiger partial charge is 0.306 e. The lowest BCUT2D eigenvalue weighted by Crippen LogP contribution is -2.39. The second-order valence-corrected chi connectivity index (χ2v) is 6.20. The molecule has 0 spiro atoms. The van der Waals surface area contributed by atoms with E-state index in [1.54, 1.807) is 26.0 Å². The van der Waals surface area contributed by atoms with Crippen LogP contribution in [0.4, 0.5) is 5.69 Å². The largest absolute Gasteiger partial charge is 0.481 e. The van der Waals surface area contributed by atoms with E-state index < -0.39 is 17.5 Å². The van der Waals surface area contributed by atoms with Gasteiger partial charge >= 0.3 is 5.97 Å². The maximum Gasteiger partial charge on any atom is 0.306 e. The number of carbonyl (C=O) groups is 2. The fraction of sp³-hybridized carbons (Fsp3) is 0.300. The minimum absolute atomic E-state index is 0.271. The molecule has 0 aromatic heterocycles. The maximum atomic E-state index is 12.7. The first-order valence-electron chi connectivity index (χ1n) is 8.10. The molecule has 132 valence electrons. The summed E-state index contributed by atoms with van der Waals surface area (Å²) in [6, 6.07) is 16.5. The number of aliphatic carboxylic acids is 1. The van der Waals surface area contributed by atoms with Gasteiger partial charge in [-0.05, 0) is 36.6 Å². The lowest BCUT2D eigenvalue weighted by atomic mass is 9.94. The number of hydrogen-bond donors (Lipinski definition) is 2. The van der Waals surface area contributed by atoms with Gasteiger partial charge in [-0.25, -0.2) is 0 Å². The number of amides is 1. The number of rotatable bonds is 7. The SMILES string of the molecule is COC(C)(C(=O)Nc1ccc(CC(C)C(=O)O)cc1)c1ccccc1. The molecule has 0 saturated heterocycles. The highest BCUT2D eigenvalue weighted by molar-refractivity contribution is 5.97. The summed E-state index contributed by atoms with van der Waals surface area (Å²) in [6.45, 7) is 3.39. The molecule has 5 nitrogen and oxygen atoms in total. The average Bonchev–Trinajstić information content (AvgIpc) is 2.63. The van der Waals surface area contributed by atoms with Gasteiger partial charge < -0.3 is 15.2 Å². The van der Waals surface area contributed by atoms with Crippen molar-refractivity contribution in [3.63, 3.8) is 0 Å². The van der Waals surface area contributed by atoms with Crippen molar-refractivity contribution in [1.82, 2.24) is 0 Å². The molecule has 0 fully saturated rings. The van der Waals surface area contributed by atoms with Gasteiger partial charge in [-0.1, -0.05) is 49.4 Å². The van der Waals surface area contributed by atoms with Crippen LogP contribution >= 0.6 is 0 Å². The maximum absolute atomic E-state index is 12.7. The fourth-order valence-corrected chi connectivity index (χ4v) is 2.51. The van der Waals surface area contributed by atoms with Crippen LogP contribution in [0.15, 0.2) is 54.6 Å².